The molecule has 0 saturated carbocycles. The number of phenols is 1. The second-order valence-electron chi connectivity index (χ2n) is 2.89. The Morgan fingerprint density at radius 2 is 2.36 bits per heavy atom. The van der Waals surface area contributed by atoms with Crippen LogP contribution in [0.25, 0.3) is 0 Å². The topological polar surface area (TPSA) is 49.3 Å². The molecule has 0 fully saturated rings. The zero-order chi connectivity index (χ0) is 10.6. The van der Waals surface area contributed by atoms with Gasteiger partial charge in [-0.15, -0.1) is 6.42 Å². The first kappa shape index (κ1) is 10.1. The maximum atomic E-state index is 11.5. The van der Waals surface area contributed by atoms with E-state index in [0.717, 1.165) is 5.56 Å². The molecule has 3 heteroatoms. The van der Waals surface area contributed by atoms with Gasteiger partial charge in [0.1, 0.15) is 5.75 Å². The molecule has 1 aromatic rings. The number of benzene rings is 1. The number of carbonyl (C=O) groups excluding carboxylic acids is 1. The van der Waals surface area contributed by atoms with Crippen LogP contribution >= 0.6 is 0 Å². The van der Waals surface area contributed by atoms with Crippen LogP contribution in [0.3, 0.4) is 0 Å². The Morgan fingerprint density at radius 3 is 3.00 bits per heavy atom. The molecule has 1 rings (SSSR count). The van der Waals surface area contributed by atoms with E-state index in [0.29, 0.717) is 5.56 Å². The predicted molar refractivity (Wildman–Crippen MR) is 54.0 cm³/mol. The lowest BCUT2D eigenvalue weighted by Gasteiger charge is -2.05. The van der Waals surface area contributed by atoms with E-state index >= 15 is 0 Å². The maximum absolute atomic E-state index is 11.5. The highest BCUT2D eigenvalue weighted by molar-refractivity contribution is 5.96. The number of amides is 1. The van der Waals surface area contributed by atoms with E-state index in [2.05, 4.69) is 11.2 Å². The van der Waals surface area contributed by atoms with E-state index in [1.54, 1.807) is 13.0 Å². The number of nitrogens with one attached hydrogen (secondary N) is 1. The number of phenolic OH excluding ortho intramolecular Hbond substituents is 1. The summed E-state index contributed by atoms with van der Waals surface area (Å²) in [5, 5.41) is 11.7. The summed E-state index contributed by atoms with van der Waals surface area (Å²) in [6.07, 6.45) is 5.01. The Kier molecular flexibility index (Phi) is 3.14. The van der Waals surface area contributed by atoms with E-state index in [1.807, 2.05) is 0 Å². The van der Waals surface area contributed by atoms with E-state index in [9.17, 15) is 9.90 Å². The third-order valence-electron chi connectivity index (χ3n) is 1.82. The minimum absolute atomic E-state index is 0.0708. The Hall–Kier alpha value is -1.95. The van der Waals surface area contributed by atoms with Gasteiger partial charge in [-0.2, -0.15) is 0 Å². The molecule has 72 valence electrons. The molecule has 0 aliphatic carbocycles. The van der Waals surface area contributed by atoms with Gasteiger partial charge in [-0.3, -0.25) is 4.79 Å². The van der Waals surface area contributed by atoms with Crippen LogP contribution in [0.1, 0.15) is 15.9 Å². The van der Waals surface area contributed by atoms with E-state index in [4.69, 9.17) is 6.42 Å². The van der Waals surface area contributed by atoms with E-state index in [-0.39, 0.29) is 18.2 Å². The van der Waals surface area contributed by atoms with Crippen molar-refractivity contribution in [3.05, 3.63) is 29.3 Å². The van der Waals surface area contributed by atoms with Gasteiger partial charge >= 0.3 is 0 Å². The summed E-state index contributed by atoms with van der Waals surface area (Å²) in [5.74, 6) is 2.11. The van der Waals surface area contributed by atoms with Crippen LogP contribution in [0.5, 0.6) is 5.75 Å². The Labute approximate surface area is 82.8 Å². The highest BCUT2D eigenvalue weighted by Crippen LogP contribution is 2.15. The number of aromatic hydroxyl groups is 1. The standard InChI is InChI=1S/C11H11NO2/c1-3-6-12-11(14)10-7-9(13)5-4-8(10)2/h1,4-5,7,13H,6H2,2H3,(H,12,14). The van der Waals surface area contributed by atoms with Crippen LogP contribution in [-0.4, -0.2) is 17.6 Å². The SMILES string of the molecule is C#CCNC(=O)c1cc(O)ccc1C. The van der Waals surface area contributed by atoms with Crippen LogP contribution in [0, 0.1) is 19.3 Å². The fraction of sp³-hybridized carbons (Fsp3) is 0.182. The molecule has 0 aliphatic rings. The van der Waals surface area contributed by atoms with Crippen molar-refractivity contribution in [2.24, 2.45) is 0 Å². The number of hydrogen-bond acceptors (Lipinski definition) is 2. The number of rotatable bonds is 2. The molecule has 1 amide bonds. The first-order chi connectivity index (χ1) is 6.65. The number of carbonyl (C=O) groups is 1. The largest absolute Gasteiger partial charge is 0.508 e. The molecule has 0 aromatic heterocycles. The lowest BCUT2D eigenvalue weighted by Crippen LogP contribution is -2.24. The molecular formula is C11H11NO2. The van der Waals surface area contributed by atoms with Crippen molar-refractivity contribution in [3.63, 3.8) is 0 Å². The third-order valence-corrected chi connectivity index (χ3v) is 1.82. The molecule has 0 aliphatic heterocycles. The van der Waals surface area contributed by atoms with Gasteiger partial charge in [0, 0.05) is 5.56 Å². The van der Waals surface area contributed by atoms with Crippen LogP contribution in [0.15, 0.2) is 18.2 Å². The van der Waals surface area contributed by atoms with Crippen molar-refractivity contribution >= 4 is 5.91 Å². The number of terminal acetylenes is 1. The average Bonchev–Trinajstić information content (AvgIpc) is 2.18. The van der Waals surface area contributed by atoms with Crippen LogP contribution in [0.4, 0.5) is 0 Å². The van der Waals surface area contributed by atoms with Gasteiger partial charge in [0.25, 0.3) is 5.91 Å². The first-order valence-corrected chi connectivity index (χ1v) is 4.16. The molecule has 3 nitrogen and oxygen atoms in total. The van der Waals surface area contributed by atoms with E-state index < -0.39 is 0 Å². The van der Waals surface area contributed by atoms with Gasteiger partial charge in [-0.1, -0.05) is 12.0 Å². The average molecular weight is 189 g/mol. The lowest BCUT2D eigenvalue weighted by atomic mass is 10.1. The first-order valence-electron chi connectivity index (χ1n) is 4.16. The third kappa shape index (κ3) is 2.27. The quantitative estimate of drug-likeness (QED) is 0.683. The fourth-order valence-electron chi connectivity index (χ4n) is 1.08. The van der Waals surface area contributed by atoms with Crippen molar-refractivity contribution in [2.75, 3.05) is 6.54 Å². The summed E-state index contributed by atoms with van der Waals surface area (Å²) in [4.78, 5) is 11.5. The highest BCUT2D eigenvalue weighted by atomic mass is 16.3. The molecule has 0 atom stereocenters. The van der Waals surface area contributed by atoms with Gasteiger partial charge in [-0.25, -0.2) is 0 Å². The molecule has 0 spiro atoms. The summed E-state index contributed by atoms with van der Waals surface area (Å²) in [6, 6.07) is 4.63. The fourth-order valence-corrected chi connectivity index (χ4v) is 1.08. The van der Waals surface area contributed by atoms with Crippen molar-refractivity contribution in [1.82, 2.24) is 5.32 Å². The summed E-state index contributed by atoms with van der Waals surface area (Å²) < 4.78 is 0. The summed E-state index contributed by atoms with van der Waals surface area (Å²) in [7, 11) is 0. The molecule has 0 heterocycles. The molecule has 1 aromatic carbocycles. The van der Waals surface area contributed by atoms with Gasteiger partial charge in [0.15, 0.2) is 0 Å². The zero-order valence-corrected chi connectivity index (χ0v) is 7.87. The Bertz CT molecular complexity index is 391. The highest BCUT2D eigenvalue weighted by Gasteiger charge is 2.08. The predicted octanol–water partition coefficient (Wildman–Crippen LogP) is 1.06. The van der Waals surface area contributed by atoms with Crippen molar-refractivity contribution in [2.45, 2.75) is 6.92 Å². The van der Waals surface area contributed by atoms with Gasteiger partial charge < -0.3 is 10.4 Å². The summed E-state index contributed by atoms with van der Waals surface area (Å²) in [6.45, 7) is 1.98. The van der Waals surface area contributed by atoms with Crippen molar-refractivity contribution < 1.29 is 9.90 Å². The minimum atomic E-state index is -0.267. The molecule has 0 saturated heterocycles. The van der Waals surface area contributed by atoms with Crippen molar-refractivity contribution in [3.8, 4) is 18.1 Å². The van der Waals surface area contributed by atoms with Gasteiger partial charge in [-0.05, 0) is 24.6 Å². The Morgan fingerprint density at radius 1 is 1.64 bits per heavy atom. The second kappa shape index (κ2) is 4.33. The maximum Gasteiger partial charge on any atom is 0.252 e. The molecule has 2 N–H and O–H groups in total. The Balaban J connectivity index is 2.90. The second-order valence-corrected chi connectivity index (χ2v) is 2.89. The van der Waals surface area contributed by atoms with Crippen LogP contribution in [0.2, 0.25) is 0 Å². The smallest absolute Gasteiger partial charge is 0.252 e. The monoisotopic (exact) mass is 189 g/mol. The number of hydrogen-bond donors (Lipinski definition) is 2. The summed E-state index contributed by atoms with van der Waals surface area (Å²) in [5.41, 5.74) is 1.25. The lowest BCUT2D eigenvalue weighted by molar-refractivity contribution is 0.0957. The number of aryl methyl sites for hydroxylation is 1. The van der Waals surface area contributed by atoms with Gasteiger partial charge in [0.05, 0.1) is 6.54 Å². The van der Waals surface area contributed by atoms with Crippen LogP contribution < -0.4 is 5.32 Å². The molecule has 0 radical (unpaired) electrons. The summed E-state index contributed by atoms with van der Waals surface area (Å²) >= 11 is 0. The minimum Gasteiger partial charge on any atom is -0.508 e. The molecular weight excluding hydrogens is 178 g/mol. The zero-order valence-electron chi connectivity index (χ0n) is 7.87. The van der Waals surface area contributed by atoms with Crippen LogP contribution in [-0.2, 0) is 0 Å². The van der Waals surface area contributed by atoms with Crippen molar-refractivity contribution in [1.29, 1.82) is 0 Å². The molecule has 0 unspecified atom stereocenters. The van der Waals surface area contributed by atoms with Gasteiger partial charge in [0.2, 0.25) is 0 Å². The van der Waals surface area contributed by atoms with E-state index in [1.165, 1.54) is 12.1 Å². The molecule has 0 bridgehead atoms. The molecule has 14 heavy (non-hydrogen) atoms. The normalized spacial score (nSPS) is 9.14.